The Morgan fingerprint density at radius 1 is 1.06 bits per heavy atom. The van der Waals surface area contributed by atoms with Gasteiger partial charge in [-0.25, -0.2) is 0 Å². The van der Waals surface area contributed by atoms with Crippen molar-refractivity contribution in [2.45, 2.75) is 20.4 Å². The number of carbonyl (C=O) groups excluding carboxylic acids is 1. The van der Waals surface area contributed by atoms with Crippen molar-refractivity contribution in [2.75, 3.05) is 0 Å². The Labute approximate surface area is 189 Å². The number of nitrogens with zero attached hydrogens (tertiary/aromatic N) is 4. The summed E-state index contributed by atoms with van der Waals surface area (Å²) in [6.07, 6.45) is 0. The van der Waals surface area contributed by atoms with E-state index in [9.17, 15) is 25.0 Å². The number of amides is 1. The zero-order chi connectivity index (χ0) is 22.9. The fourth-order valence-corrected chi connectivity index (χ4v) is 4.34. The molecule has 3 rings (SSSR count). The molecular weight excluding hydrogens is 467 g/mol. The molecule has 31 heavy (non-hydrogen) atoms. The minimum atomic E-state index is -0.823. The maximum Gasteiger partial charge on any atom is 0.280 e. The molecule has 1 heterocycles. The quantitative estimate of drug-likeness (QED) is 0.356. The maximum absolute atomic E-state index is 12.7. The molecule has 0 N–H and O–H groups in total. The van der Waals surface area contributed by atoms with E-state index in [0.717, 1.165) is 34.3 Å². The molecule has 0 saturated heterocycles. The monoisotopic (exact) mass is 480 g/mol. The highest BCUT2D eigenvalue weighted by Crippen LogP contribution is 2.31. The molecule has 0 aliphatic rings. The van der Waals surface area contributed by atoms with E-state index < -0.39 is 27.1 Å². The van der Waals surface area contributed by atoms with Crippen molar-refractivity contribution < 1.29 is 14.6 Å². The van der Waals surface area contributed by atoms with Crippen molar-refractivity contribution in [3.05, 3.63) is 81.9 Å². The summed E-state index contributed by atoms with van der Waals surface area (Å²) in [4.78, 5) is 38.6. The Kier molecular flexibility index (Phi) is 6.54. The van der Waals surface area contributed by atoms with Crippen LogP contribution in [-0.2, 0) is 6.54 Å². The van der Waals surface area contributed by atoms with Crippen molar-refractivity contribution in [3.8, 4) is 11.3 Å². The molecule has 0 fully saturated rings. The van der Waals surface area contributed by atoms with E-state index in [-0.39, 0.29) is 5.56 Å². The minimum Gasteiger partial charge on any atom is -0.316 e. The molecule has 2 aromatic carbocycles. The van der Waals surface area contributed by atoms with Gasteiger partial charge in [0.2, 0.25) is 0 Å². The largest absolute Gasteiger partial charge is 0.316 e. The number of rotatable bonds is 5. The van der Waals surface area contributed by atoms with Crippen molar-refractivity contribution in [1.29, 1.82) is 0 Å². The van der Waals surface area contributed by atoms with Crippen molar-refractivity contribution in [3.63, 3.8) is 0 Å². The van der Waals surface area contributed by atoms with E-state index in [1.54, 1.807) is 22.8 Å². The van der Waals surface area contributed by atoms with Gasteiger partial charge in [0.1, 0.15) is 0 Å². The number of benzene rings is 2. The van der Waals surface area contributed by atoms with Gasteiger partial charge in [-0.3, -0.25) is 25.0 Å². The van der Waals surface area contributed by atoms with Crippen LogP contribution in [0.3, 0.4) is 0 Å². The molecule has 12 heteroatoms. The summed E-state index contributed by atoms with van der Waals surface area (Å²) >= 11 is 13.4. The van der Waals surface area contributed by atoms with E-state index in [1.807, 2.05) is 13.8 Å². The van der Waals surface area contributed by atoms with Crippen LogP contribution in [0.15, 0.2) is 41.4 Å². The Morgan fingerprint density at radius 3 is 2.19 bits per heavy atom. The van der Waals surface area contributed by atoms with Crippen LogP contribution in [-0.4, -0.2) is 20.3 Å². The number of non-ortho nitro benzene ring substituents is 2. The van der Waals surface area contributed by atoms with Gasteiger partial charge in [0.15, 0.2) is 4.80 Å². The van der Waals surface area contributed by atoms with Gasteiger partial charge in [0.25, 0.3) is 17.3 Å². The number of carbonyl (C=O) groups is 1. The number of aromatic nitrogens is 1. The fourth-order valence-electron chi connectivity index (χ4n) is 2.99. The van der Waals surface area contributed by atoms with E-state index in [1.165, 1.54) is 11.3 Å². The Bertz CT molecular complexity index is 1270. The zero-order valence-electron chi connectivity index (χ0n) is 16.2. The van der Waals surface area contributed by atoms with E-state index in [2.05, 4.69) is 4.99 Å². The molecule has 0 unspecified atom stereocenters. The second-order valence-electron chi connectivity index (χ2n) is 6.33. The SMILES string of the molecule is CCn1c(-c2ccc(Cl)c(Cl)c2)c(C)sc1=NC(=O)c1cc([N+](=O)[O-])cc([N+](=O)[O-])c1. The molecule has 0 aliphatic heterocycles. The predicted molar refractivity (Wildman–Crippen MR) is 118 cm³/mol. The molecule has 3 aromatic rings. The summed E-state index contributed by atoms with van der Waals surface area (Å²) < 4.78 is 1.79. The lowest BCUT2D eigenvalue weighted by molar-refractivity contribution is -0.394. The minimum absolute atomic E-state index is 0.245. The molecule has 0 spiro atoms. The summed E-state index contributed by atoms with van der Waals surface area (Å²) in [7, 11) is 0. The fraction of sp³-hybridized carbons (Fsp3) is 0.158. The van der Waals surface area contributed by atoms with Gasteiger partial charge in [-0.05, 0) is 26.0 Å². The van der Waals surface area contributed by atoms with Crippen LogP contribution >= 0.6 is 34.5 Å². The highest BCUT2D eigenvalue weighted by atomic mass is 35.5. The van der Waals surface area contributed by atoms with Crippen LogP contribution in [0.1, 0.15) is 22.2 Å². The number of thiazole rings is 1. The lowest BCUT2D eigenvalue weighted by atomic mass is 10.1. The first kappa shape index (κ1) is 22.6. The Hall–Kier alpha value is -3.08. The maximum atomic E-state index is 12.7. The summed E-state index contributed by atoms with van der Waals surface area (Å²) in [5.41, 5.74) is 0.211. The summed E-state index contributed by atoms with van der Waals surface area (Å²) in [5.74, 6) is -0.823. The van der Waals surface area contributed by atoms with Gasteiger partial charge in [-0.15, -0.1) is 11.3 Å². The zero-order valence-corrected chi connectivity index (χ0v) is 18.5. The first-order valence-electron chi connectivity index (χ1n) is 8.81. The number of hydrogen-bond acceptors (Lipinski definition) is 6. The molecule has 0 aliphatic carbocycles. The van der Waals surface area contributed by atoms with Gasteiger partial charge < -0.3 is 4.57 Å². The van der Waals surface area contributed by atoms with Crippen molar-refractivity contribution in [2.24, 2.45) is 4.99 Å². The predicted octanol–water partition coefficient (Wildman–Crippen LogP) is 5.41. The molecular formula is C19H14Cl2N4O5S. The van der Waals surface area contributed by atoms with Gasteiger partial charge in [0.05, 0.1) is 37.2 Å². The molecule has 0 bridgehead atoms. The topological polar surface area (TPSA) is 121 Å². The summed E-state index contributed by atoms with van der Waals surface area (Å²) in [5, 5.41) is 23.0. The van der Waals surface area contributed by atoms with E-state index >= 15 is 0 Å². The average Bonchev–Trinajstić information content (AvgIpc) is 3.04. The summed E-state index contributed by atoms with van der Waals surface area (Å²) in [6.45, 7) is 4.20. The standard InChI is InChI=1S/C19H14Cl2N4O5S/c1-3-23-17(11-4-5-15(20)16(21)8-11)10(2)31-19(23)22-18(26)12-6-13(24(27)28)9-14(7-12)25(29)30/h4-9H,3H2,1-2H3. The van der Waals surface area contributed by atoms with Crippen LogP contribution < -0.4 is 4.80 Å². The van der Waals surface area contributed by atoms with Gasteiger partial charge in [0, 0.05) is 29.1 Å². The van der Waals surface area contributed by atoms with Crippen LogP contribution in [0, 0.1) is 27.2 Å². The van der Waals surface area contributed by atoms with Crippen LogP contribution in [0.4, 0.5) is 11.4 Å². The number of halogens is 2. The number of nitro groups is 2. The van der Waals surface area contributed by atoms with Gasteiger partial charge in [-0.1, -0.05) is 29.3 Å². The number of nitro benzene ring substituents is 2. The third kappa shape index (κ3) is 4.66. The van der Waals surface area contributed by atoms with Crippen LogP contribution in [0.2, 0.25) is 10.0 Å². The van der Waals surface area contributed by atoms with E-state index in [4.69, 9.17) is 23.2 Å². The Balaban J connectivity index is 2.14. The summed E-state index contributed by atoms with van der Waals surface area (Å²) in [6, 6.07) is 7.90. The second-order valence-corrected chi connectivity index (χ2v) is 8.33. The van der Waals surface area contributed by atoms with Gasteiger partial charge >= 0.3 is 0 Å². The van der Waals surface area contributed by atoms with Gasteiger partial charge in [-0.2, -0.15) is 4.99 Å². The molecule has 1 aromatic heterocycles. The first-order chi connectivity index (χ1) is 14.6. The lowest BCUT2D eigenvalue weighted by Crippen LogP contribution is -2.17. The third-order valence-electron chi connectivity index (χ3n) is 4.36. The van der Waals surface area contributed by atoms with Crippen LogP contribution in [0.25, 0.3) is 11.3 Å². The molecule has 0 atom stereocenters. The van der Waals surface area contributed by atoms with Crippen LogP contribution in [0.5, 0.6) is 0 Å². The average molecular weight is 481 g/mol. The Morgan fingerprint density at radius 2 is 1.68 bits per heavy atom. The third-order valence-corrected chi connectivity index (χ3v) is 6.09. The first-order valence-corrected chi connectivity index (χ1v) is 10.4. The molecule has 9 nitrogen and oxygen atoms in total. The van der Waals surface area contributed by atoms with E-state index in [0.29, 0.717) is 21.4 Å². The van der Waals surface area contributed by atoms with Crippen molar-refractivity contribution in [1.82, 2.24) is 4.57 Å². The number of hydrogen-bond donors (Lipinski definition) is 0. The highest BCUT2D eigenvalue weighted by Gasteiger charge is 2.20. The molecule has 1 amide bonds. The molecule has 0 radical (unpaired) electrons. The van der Waals surface area contributed by atoms with Crippen molar-refractivity contribution >= 4 is 51.8 Å². The normalized spacial score (nSPS) is 11.5. The highest BCUT2D eigenvalue weighted by molar-refractivity contribution is 7.09. The second kappa shape index (κ2) is 8.96. The smallest absolute Gasteiger partial charge is 0.280 e. The lowest BCUT2D eigenvalue weighted by Gasteiger charge is -2.08. The number of aryl methyl sites for hydroxylation is 1. The molecule has 160 valence electrons. The molecule has 0 saturated carbocycles.